The molecule has 1 heterocycles. The summed E-state index contributed by atoms with van der Waals surface area (Å²) in [6.07, 6.45) is 4.45. The molecule has 5 heteroatoms. The van der Waals surface area contributed by atoms with Gasteiger partial charge < -0.3 is 5.11 Å². The molecule has 19 heavy (non-hydrogen) atoms. The first kappa shape index (κ1) is 14.0. The Balaban J connectivity index is 2.36. The van der Waals surface area contributed by atoms with E-state index >= 15 is 0 Å². The predicted molar refractivity (Wildman–Crippen MR) is 68.3 cm³/mol. The molecule has 0 aromatic rings. The van der Waals surface area contributed by atoms with Gasteiger partial charge in [0.05, 0.1) is 5.41 Å². The molecule has 106 valence electrons. The minimum atomic E-state index is -1.39. The third kappa shape index (κ3) is 1.95. The third-order valence-electron chi connectivity index (χ3n) is 4.65. The van der Waals surface area contributed by atoms with E-state index in [1.54, 1.807) is 0 Å². The molecule has 2 amide bonds. The van der Waals surface area contributed by atoms with Crippen molar-refractivity contribution < 1.29 is 19.5 Å². The lowest BCUT2D eigenvalue weighted by Crippen LogP contribution is -2.56. The summed E-state index contributed by atoms with van der Waals surface area (Å²) < 4.78 is 0. The summed E-state index contributed by atoms with van der Waals surface area (Å²) in [6.45, 7) is 3.35. The molecule has 2 rings (SSSR count). The average Bonchev–Trinajstić information content (AvgIpc) is 2.87. The van der Waals surface area contributed by atoms with E-state index < -0.39 is 16.9 Å². The molecule has 1 unspecified atom stereocenters. The Morgan fingerprint density at radius 3 is 2.42 bits per heavy atom. The summed E-state index contributed by atoms with van der Waals surface area (Å²) in [5.41, 5.74) is -1.99. The van der Waals surface area contributed by atoms with Gasteiger partial charge in [0.15, 0.2) is 0 Å². The van der Waals surface area contributed by atoms with E-state index in [1.165, 1.54) is 6.92 Å². The molecule has 0 bridgehead atoms. The van der Waals surface area contributed by atoms with Crippen molar-refractivity contribution in [2.45, 2.75) is 64.3 Å². The van der Waals surface area contributed by atoms with Crippen molar-refractivity contribution in [3.05, 3.63) is 0 Å². The van der Waals surface area contributed by atoms with Crippen molar-refractivity contribution in [2.75, 3.05) is 0 Å². The average molecular weight is 267 g/mol. The van der Waals surface area contributed by atoms with Gasteiger partial charge in [-0.05, 0) is 26.2 Å². The minimum Gasteiger partial charge on any atom is -0.479 e. The van der Waals surface area contributed by atoms with Gasteiger partial charge >= 0.3 is 5.97 Å². The van der Waals surface area contributed by atoms with Crippen LogP contribution in [0.5, 0.6) is 0 Å². The Kier molecular flexibility index (Phi) is 3.41. The Morgan fingerprint density at radius 1 is 1.37 bits per heavy atom. The summed E-state index contributed by atoms with van der Waals surface area (Å²) in [5, 5.41) is 9.44. The third-order valence-corrected chi connectivity index (χ3v) is 4.65. The monoisotopic (exact) mass is 267 g/mol. The molecule has 0 radical (unpaired) electrons. The van der Waals surface area contributed by atoms with Crippen LogP contribution in [-0.4, -0.2) is 33.3 Å². The molecular weight excluding hydrogens is 246 g/mol. The van der Waals surface area contributed by atoms with Crippen molar-refractivity contribution in [1.29, 1.82) is 0 Å². The van der Waals surface area contributed by atoms with Crippen LogP contribution in [-0.2, 0) is 14.4 Å². The molecule has 1 aliphatic heterocycles. The standard InChI is InChI=1S/C14H21NO4/c1-3-6-13(2,12(18)19)15-10(16)9-14(11(15)17)7-4-5-8-14/h3-9H2,1-2H3,(H,18,19). The molecule has 0 aromatic heterocycles. The van der Waals surface area contributed by atoms with E-state index in [4.69, 9.17) is 0 Å². The van der Waals surface area contributed by atoms with E-state index in [0.717, 1.165) is 30.6 Å². The zero-order valence-corrected chi connectivity index (χ0v) is 11.6. The van der Waals surface area contributed by atoms with Crippen LogP contribution in [0.4, 0.5) is 0 Å². The van der Waals surface area contributed by atoms with Crippen molar-refractivity contribution in [2.24, 2.45) is 5.41 Å². The molecule has 1 atom stereocenters. The number of hydrogen-bond donors (Lipinski definition) is 1. The Morgan fingerprint density at radius 2 is 1.95 bits per heavy atom. The van der Waals surface area contributed by atoms with Gasteiger partial charge in [0.25, 0.3) is 0 Å². The van der Waals surface area contributed by atoms with Crippen LogP contribution < -0.4 is 0 Å². The van der Waals surface area contributed by atoms with Gasteiger partial charge in [-0.3, -0.25) is 14.5 Å². The van der Waals surface area contributed by atoms with Gasteiger partial charge in [-0.2, -0.15) is 0 Å². The lowest BCUT2D eigenvalue weighted by Gasteiger charge is -2.34. The van der Waals surface area contributed by atoms with E-state index in [0.29, 0.717) is 12.8 Å². The Labute approximate surface area is 113 Å². The Hall–Kier alpha value is -1.39. The maximum atomic E-state index is 12.6. The molecule has 1 spiro atoms. The number of nitrogens with zero attached hydrogens (tertiary/aromatic N) is 1. The molecule has 1 saturated carbocycles. The quantitative estimate of drug-likeness (QED) is 0.790. The molecule has 1 aliphatic carbocycles. The van der Waals surface area contributed by atoms with E-state index in [9.17, 15) is 19.5 Å². The predicted octanol–water partition coefficient (Wildman–Crippen LogP) is 1.95. The number of carboxylic acid groups (broad SMARTS) is 1. The van der Waals surface area contributed by atoms with Crippen molar-refractivity contribution in [1.82, 2.24) is 4.90 Å². The van der Waals surface area contributed by atoms with Crippen LogP contribution in [0.25, 0.3) is 0 Å². The van der Waals surface area contributed by atoms with Crippen molar-refractivity contribution in [3.63, 3.8) is 0 Å². The minimum absolute atomic E-state index is 0.193. The highest BCUT2D eigenvalue weighted by Crippen LogP contribution is 2.49. The van der Waals surface area contributed by atoms with Gasteiger partial charge in [0.2, 0.25) is 11.8 Å². The number of carbonyl (C=O) groups is 3. The topological polar surface area (TPSA) is 74.7 Å². The first-order chi connectivity index (χ1) is 8.87. The first-order valence-electron chi connectivity index (χ1n) is 6.98. The fourth-order valence-electron chi connectivity index (χ4n) is 3.54. The van der Waals surface area contributed by atoms with Crippen molar-refractivity contribution >= 4 is 17.8 Å². The number of imide groups is 1. The molecule has 1 N–H and O–H groups in total. The van der Waals surface area contributed by atoms with Gasteiger partial charge in [-0.1, -0.05) is 26.2 Å². The second-order valence-electron chi connectivity index (χ2n) is 6.03. The van der Waals surface area contributed by atoms with Gasteiger partial charge in [0, 0.05) is 6.42 Å². The van der Waals surface area contributed by atoms with E-state index in [-0.39, 0.29) is 18.2 Å². The van der Waals surface area contributed by atoms with Crippen LogP contribution in [0.2, 0.25) is 0 Å². The highest BCUT2D eigenvalue weighted by molar-refractivity contribution is 6.09. The zero-order valence-electron chi connectivity index (χ0n) is 11.6. The fourth-order valence-corrected chi connectivity index (χ4v) is 3.54. The number of aliphatic carboxylic acids is 1. The summed E-state index contributed by atoms with van der Waals surface area (Å²) in [6, 6.07) is 0. The summed E-state index contributed by atoms with van der Waals surface area (Å²) in [4.78, 5) is 37.4. The maximum Gasteiger partial charge on any atom is 0.329 e. The lowest BCUT2D eigenvalue weighted by molar-refractivity contribution is -0.163. The van der Waals surface area contributed by atoms with E-state index in [1.807, 2.05) is 6.92 Å². The molecule has 2 fully saturated rings. The van der Waals surface area contributed by atoms with Crippen LogP contribution in [0.3, 0.4) is 0 Å². The van der Waals surface area contributed by atoms with Gasteiger partial charge in [-0.25, -0.2) is 4.79 Å². The second kappa shape index (κ2) is 4.62. The lowest BCUT2D eigenvalue weighted by atomic mass is 9.84. The number of amides is 2. The normalized spacial score (nSPS) is 25.1. The van der Waals surface area contributed by atoms with Crippen LogP contribution in [0.1, 0.15) is 58.8 Å². The number of likely N-dealkylation sites (tertiary alicyclic amines) is 1. The second-order valence-corrected chi connectivity index (χ2v) is 6.03. The van der Waals surface area contributed by atoms with E-state index in [2.05, 4.69) is 0 Å². The molecular formula is C14H21NO4. The summed E-state index contributed by atoms with van der Waals surface area (Å²) >= 11 is 0. The highest BCUT2D eigenvalue weighted by atomic mass is 16.4. The van der Waals surface area contributed by atoms with Crippen molar-refractivity contribution in [3.8, 4) is 0 Å². The molecule has 0 aromatic carbocycles. The maximum absolute atomic E-state index is 12.6. The number of carbonyl (C=O) groups excluding carboxylic acids is 2. The van der Waals surface area contributed by atoms with Crippen LogP contribution >= 0.6 is 0 Å². The molecule has 2 aliphatic rings. The SMILES string of the molecule is CCCC(C)(C(=O)O)N1C(=O)CC2(CCCC2)C1=O. The first-order valence-corrected chi connectivity index (χ1v) is 6.98. The Bertz CT molecular complexity index is 425. The molecule has 1 saturated heterocycles. The highest BCUT2D eigenvalue weighted by Gasteiger charge is 2.59. The smallest absolute Gasteiger partial charge is 0.329 e. The largest absolute Gasteiger partial charge is 0.479 e. The fraction of sp³-hybridized carbons (Fsp3) is 0.786. The summed E-state index contributed by atoms with van der Waals surface area (Å²) in [7, 11) is 0. The van der Waals surface area contributed by atoms with Crippen LogP contribution in [0.15, 0.2) is 0 Å². The number of hydrogen-bond acceptors (Lipinski definition) is 3. The zero-order chi connectivity index (χ0) is 14.3. The number of carboxylic acids is 1. The summed E-state index contributed by atoms with van der Waals surface area (Å²) in [5.74, 6) is -1.66. The molecule has 5 nitrogen and oxygen atoms in total. The van der Waals surface area contributed by atoms with Gasteiger partial charge in [-0.15, -0.1) is 0 Å². The van der Waals surface area contributed by atoms with Crippen LogP contribution in [0, 0.1) is 5.41 Å². The van der Waals surface area contributed by atoms with Gasteiger partial charge in [0.1, 0.15) is 5.54 Å². The number of rotatable bonds is 4.